The van der Waals surface area contributed by atoms with E-state index in [4.69, 9.17) is 14.0 Å². The molecule has 7 heteroatoms. The summed E-state index contributed by atoms with van der Waals surface area (Å²) in [4.78, 5) is 17.5. The van der Waals surface area contributed by atoms with E-state index in [1.165, 1.54) is 38.7 Å². The number of hydrogen-bond acceptors (Lipinski definition) is 5. The van der Waals surface area contributed by atoms with E-state index in [2.05, 4.69) is 0 Å². The van der Waals surface area contributed by atoms with Crippen LogP contribution >= 0.6 is 11.3 Å². The Morgan fingerprint density at radius 1 is 1.29 bits per heavy atom. The van der Waals surface area contributed by atoms with E-state index >= 15 is 0 Å². The van der Waals surface area contributed by atoms with Crippen LogP contribution in [0.5, 0.6) is 5.75 Å². The van der Waals surface area contributed by atoms with Crippen LogP contribution in [0, 0.1) is 6.01 Å². The molecule has 0 fully saturated rings. The van der Waals surface area contributed by atoms with Crippen LogP contribution in [-0.2, 0) is 4.84 Å². The summed E-state index contributed by atoms with van der Waals surface area (Å²) in [6.07, 6.45) is 0. The summed E-state index contributed by atoms with van der Waals surface area (Å²) in [5.74, 6) is 0.164. The standard InChI is InChI=1S/C14H12FNO4S/c1-16(19-3)14(17)11-4-7-8-5-12(15)20-13(8)9(18-2)6-10(7)21-11/h4-6H,1-3H3. The molecule has 0 aliphatic rings. The zero-order valence-corrected chi connectivity index (χ0v) is 12.4. The summed E-state index contributed by atoms with van der Waals surface area (Å²) in [6, 6.07) is 4.04. The molecule has 0 saturated heterocycles. The number of hydroxylamine groups is 2. The minimum atomic E-state index is -0.691. The Kier molecular flexibility index (Phi) is 3.30. The van der Waals surface area contributed by atoms with Gasteiger partial charge in [0, 0.05) is 34.7 Å². The maximum Gasteiger partial charge on any atom is 0.287 e. The van der Waals surface area contributed by atoms with Crippen LogP contribution in [0.1, 0.15) is 9.67 Å². The van der Waals surface area contributed by atoms with Crippen molar-refractivity contribution >= 4 is 38.3 Å². The highest BCUT2D eigenvalue weighted by molar-refractivity contribution is 7.21. The highest BCUT2D eigenvalue weighted by Crippen LogP contribution is 2.39. The number of fused-ring (bicyclic) bond motifs is 3. The molecule has 3 rings (SSSR count). The highest BCUT2D eigenvalue weighted by atomic mass is 32.1. The largest absolute Gasteiger partial charge is 0.493 e. The minimum absolute atomic E-state index is 0.269. The molecule has 0 saturated carbocycles. The number of thiophene rings is 1. The van der Waals surface area contributed by atoms with E-state index in [9.17, 15) is 9.18 Å². The van der Waals surface area contributed by atoms with Crippen molar-refractivity contribution in [1.29, 1.82) is 0 Å². The monoisotopic (exact) mass is 309 g/mol. The first-order valence-corrected chi connectivity index (χ1v) is 6.88. The average molecular weight is 309 g/mol. The van der Waals surface area contributed by atoms with E-state index in [1.807, 2.05) is 0 Å². The molecule has 0 unspecified atom stereocenters. The zero-order chi connectivity index (χ0) is 15.1. The molecule has 1 aromatic carbocycles. The molecule has 0 spiro atoms. The van der Waals surface area contributed by atoms with Gasteiger partial charge in [0.25, 0.3) is 11.9 Å². The van der Waals surface area contributed by atoms with E-state index in [0.29, 0.717) is 21.6 Å². The number of benzene rings is 1. The molecule has 3 aromatic rings. The van der Waals surface area contributed by atoms with Crippen LogP contribution < -0.4 is 4.74 Å². The third-order valence-electron chi connectivity index (χ3n) is 3.23. The van der Waals surface area contributed by atoms with Crippen molar-refractivity contribution < 1.29 is 23.2 Å². The van der Waals surface area contributed by atoms with Crippen molar-refractivity contribution in [2.45, 2.75) is 0 Å². The maximum atomic E-state index is 13.4. The Labute approximate surface area is 123 Å². The summed E-state index contributed by atoms with van der Waals surface area (Å²) in [7, 11) is 4.43. The smallest absolute Gasteiger partial charge is 0.287 e. The molecule has 2 aromatic heterocycles. The predicted molar refractivity (Wildman–Crippen MR) is 77.2 cm³/mol. The Morgan fingerprint density at radius 3 is 2.71 bits per heavy atom. The second kappa shape index (κ2) is 5.01. The van der Waals surface area contributed by atoms with Crippen LogP contribution in [-0.4, -0.2) is 32.2 Å². The number of furan rings is 1. The molecule has 0 aliphatic carbocycles. The molecular formula is C14H12FNO4S. The second-order valence-electron chi connectivity index (χ2n) is 4.38. The Balaban J connectivity index is 2.26. The molecule has 0 bridgehead atoms. The van der Waals surface area contributed by atoms with Crippen molar-refractivity contribution in [2.24, 2.45) is 0 Å². The fraction of sp³-hybridized carbons (Fsp3) is 0.214. The summed E-state index contributed by atoms with van der Waals surface area (Å²) in [6.45, 7) is 0. The number of carbonyl (C=O) groups excluding carboxylic acids is 1. The van der Waals surface area contributed by atoms with E-state index in [0.717, 1.165) is 15.1 Å². The first-order valence-electron chi connectivity index (χ1n) is 6.07. The third-order valence-corrected chi connectivity index (χ3v) is 4.30. The van der Waals surface area contributed by atoms with Crippen LogP contribution in [0.25, 0.3) is 21.1 Å². The molecule has 0 aliphatic heterocycles. The van der Waals surface area contributed by atoms with Gasteiger partial charge in [0.2, 0.25) is 0 Å². The zero-order valence-electron chi connectivity index (χ0n) is 11.6. The predicted octanol–water partition coefficient (Wildman–Crippen LogP) is 3.43. The van der Waals surface area contributed by atoms with E-state index in [-0.39, 0.29) is 5.91 Å². The summed E-state index contributed by atoms with van der Waals surface area (Å²) < 4.78 is 24.5. The number of methoxy groups -OCH3 is 1. The van der Waals surface area contributed by atoms with Gasteiger partial charge in [-0.2, -0.15) is 4.39 Å². The normalized spacial score (nSPS) is 11.2. The molecule has 2 heterocycles. The van der Waals surface area contributed by atoms with Crippen LogP contribution in [0.15, 0.2) is 22.6 Å². The quantitative estimate of drug-likeness (QED) is 0.696. The molecule has 0 radical (unpaired) electrons. The van der Waals surface area contributed by atoms with Gasteiger partial charge in [-0.3, -0.25) is 9.63 Å². The lowest BCUT2D eigenvalue weighted by Crippen LogP contribution is -2.24. The Bertz CT molecular complexity index is 838. The lowest BCUT2D eigenvalue weighted by atomic mass is 10.1. The lowest BCUT2D eigenvalue weighted by molar-refractivity contribution is -0.0753. The number of nitrogens with zero attached hydrogens (tertiary/aromatic N) is 1. The Morgan fingerprint density at radius 2 is 2.05 bits per heavy atom. The summed E-state index contributed by atoms with van der Waals surface area (Å²) in [5, 5.41) is 2.46. The van der Waals surface area contributed by atoms with Crippen molar-refractivity contribution in [1.82, 2.24) is 5.06 Å². The van der Waals surface area contributed by atoms with Crippen LogP contribution in [0.3, 0.4) is 0 Å². The summed E-state index contributed by atoms with van der Waals surface area (Å²) in [5.41, 5.74) is 0.333. The van der Waals surface area contributed by atoms with E-state index in [1.54, 1.807) is 12.1 Å². The number of halogens is 1. The number of ether oxygens (including phenoxy) is 1. The van der Waals surface area contributed by atoms with Gasteiger partial charge in [0.15, 0.2) is 11.3 Å². The van der Waals surface area contributed by atoms with Crippen LogP contribution in [0.2, 0.25) is 0 Å². The highest BCUT2D eigenvalue weighted by Gasteiger charge is 2.19. The van der Waals surface area contributed by atoms with Crippen molar-refractivity contribution in [2.75, 3.05) is 21.3 Å². The van der Waals surface area contributed by atoms with Gasteiger partial charge >= 0.3 is 0 Å². The maximum absolute atomic E-state index is 13.4. The molecule has 1 amide bonds. The van der Waals surface area contributed by atoms with Gasteiger partial charge in [-0.1, -0.05) is 0 Å². The van der Waals surface area contributed by atoms with Crippen molar-refractivity contribution in [3.05, 3.63) is 29.1 Å². The Hall–Kier alpha value is -2.12. The van der Waals surface area contributed by atoms with Gasteiger partial charge in [0.1, 0.15) is 0 Å². The van der Waals surface area contributed by atoms with Gasteiger partial charge in [-0.15, -0.1) is 11.3 Å². The molecule has 0 N–H and O–H groups in total. The number of rotatable bonds is 3. The van der Waals surface area contributed by atoms with E-state index < -0.39 is 6.01 Å². The van der Waals surface area contributed by atoms with Crippen LogP contribution in [0.4, 0.5) is 4.39 Å². The molecule has 110 valence electrons. The van der Waals surface area contributed by atoms with Gasteiger partial charge in [0.05, 0.1) is 19.1 Å². The van der Waals surface area contributed by atoms with Crippen molar-refractivity contribution in [3.8, 4) is 5.75 Å². The first kappa shape index (κ1) is 13.8. The fourth-order valence-corrected chi connectivity index (χ4v) is 3.22. The fourth-order valence-electron chi connectivity index (χ4n) is 2.15. The molecule has 5 nitrogen and oxygen atoms in total. The van der Waals surface area contributed by atoms with Crippen molar-refractivity contribution in [3.63, 3.8) is 0 Å². The number of hydrogen-bond donors (Lipinski definition) is 0. The van der Waals surface area contributed by atoms with Gasteiger partial charge in [-0.25, -0.2) is 5.06 Å². The van der Waals surface area contributed by atoms with Gasteiger partial charge in [-0.05, 0) is 6.07 Å². The SMILES string of the molecule is COc1cc2sc(C(=O)N(C)OC)cc2c2cc(F)oc12. The molecular weight excluding hydrogens is 297 g/mol. The number of amides is 1. The molecule has 0 atom stereocenters. The van der Waals surface area contributed by atoms with Gasteiger partial charge < -0.3 is 9.15 Å². The average Bonchev–Trinajstić information content (AvgIpc) is 3.06. The first-order chi connectivity index (χ1) is 10.0. The topological polar surface area (TPSA) is 51.9 Å². The second-order valence-corrected chi connectivity index (χ2v) is 5.46. The minimum Gasteiger partial charge on any atom is -0.493 e. The lowest BCUT2D eigenvalue weighted by Gasteiger charge is -2.11. The third kappa shape index (κ3) is 2.14. The number of carbonyl (C=O) groups is 1. The molecule has 21 heavy (non-hydrogen) atoms. The summed E-state index contributed by atoms with van der Waals surface area (Å²) >= 11 is 1.29.